The number of H-pyrrole nitrogens is 1. The molecule has 3 aromatic rings. The number of amides is 1. The van der Waals surface area contributed by atoms with Crippen molar-refractivity contribution in [3.05, 3.63) is 52.1 Å². The number of hydrogen-bond donors (Lipinski definition) is 2. The van der Waals surface area contributed by atoms with E-state index < -0.39 is 0 Å². The van der Waals surface area contributed by atoms with E-state index in [1.54, 1.807) is 17.8 Å². The first-order valence-corrected chi connectivity index (χ1v) is 11.3. The Morgan fingerprint density at radius 1 is 1.28 bits per heavy atom. The Balaban J connectivity index is 1.40. The highest BCUT2D eigenvalue weighted by atomic mass is 32.2. The van der Waals surface area contributed by atoms with E-state index in [-0.39, 0.29) is 11.5 Å². The molecule has 0 spiro atoms. The van der Waals surface area contributed by atoms with E-state index in [9.17, 15) is 9.59 Å². The minimum absolute atomic E-state index is 0.227. The van der Waals surface area contributed by atoms with Gasteiger partial charge in [0.1, 0.15) is 5.82 Å². The lowest BCUT2D eigenvalue weighted by Gasteiger charge is -2.16. The van der Waals surface area contributed by atoms with Crippen molar-refractivity contribution < 1.29 is 4.79 Å². The smallest absolute Gasteiger partial charge is 0.252 e. The van der Waals surface area contributed by atoms with Gasteiger partial charge in [-0.05, 0) is 31.6 Å². The molecule has 0 aliphatic heterocycles. The molecule has 7 nitrogen and oxygen atoms in total. The number of pyridine rings is 1. The maximum absolute atomic E-state index is 12.6. The predicted molar refractivity (Wildman–Crippen MR) is 115 cm³/mol. The molecule has 1 aliphatic carbocycles. The Morgan fingerprint density at radius 2 is 2.07 bits per heavy atom. The molecule has 2 heterocycles. The lowest BCUT2D eigenvalue weighted by molar-refractivity contribution is 0.0954. The van der Waals surface area contributed by atoms with Crippen molar-refractivity contribution in [3.8, 4) is 0 Å². The Morgan fingerprint density at radius 3 is 2.86 bits per heavy atom. The van der Waals surface area contributed by atoms with Gasteiger partial charge in [-0.15, -0.1) is 10.2 Å². The largest absolute Gasteiger partial charge is 0.352 e. The quantitative estimate of drug-likeness (QED) is 0.460. The molecular formula is C21H25N5O2S. The average Bonchev–Trinajstić information content (AvgIpc) is 3.39. The van der Waals surface area contributed by atoms with Gasteiger partial charge in [0.05, 0.1) is 5.56 Å². The third-order valence-electron chi connectivity index (χ3n) is 5.47. The predicted octanol–water partition coefficient (Wildman–Crippen LogP) is 3.32. The first kappa shape index (κ1) is 19.7. The van der Waals surface area contributed by atoms with Crippen LogP contribution in [0.5, 0.6) is 0 Å². The summed E-state index contributed by atoms with van der Waals surface area (Å²) in [6.45, 7) is 0.520. The second kappa shape index (κ2) is 8.82. The third-order valence-corrected chi connectivity index (χ3v) is 6.11. The number of nitrogens with zero attached hydrogens (tertiary/aromatic N) is 3. The molecule has 2 aromatic heterocycles. The van der Waals surface area contributed by atoms with Crippen LogP contribution < -0.4 is 10.9 Å². The fourth-order valence-electron chi connectivity index (χ4n) is 4.08. The van der Waals surface area contributed by atoms with E-state index in [0.717, 1.165) is 29.2 Å². The minimum atomic E-state index is -0.275. The number of carbonyl (C=O) groups is 1. The van der Waals surface area contributed by atoms with Gasteiger partial charge in [0, 0.05) is 36.0 Å². The lowest BCUT2D eigenvalue weighted by atomic mass is 10.1. The van der Waals surface area contributed by atoms with Crippen molar-refractivity contribution in [2.45, 2.75) is 49.7 Å². The lowest BCUT2D eigenvalue weighted by Crippen LogP contribution is -2.26. The molecule has 0 unspecified atom stereocenters. The van der Waals surface area contributed by atoms with Crippen LogP contribution in [0.4, 0.5) is 0 Å². The molecule has 1 aromatic carbocycles. The normalized spacial score (nSPS) is 14.5. The summed E-state index contributed by atoms with van der Waals surface area (Å²) >= 11 is 1.63. The number of nitrogens with one attached hydrogen (secondary N) is 2. The van der Waals surface area contributed by atoms with Gasteiger partial charge < -0.3 is 14.9 Å². The van der Waals surface area contributed by atoms with E-state index in [1.807, 2.05) is 24.5 Å². The first-order valence-electron chi connectivity index (χ1n) is 10.1. The van der Waals surface area contributed by atoms with Crippen LogP contribution in [0.2, 0.25) is 0 Å². The number of aryl methyl sites for hydroxylation is 1. The summed E-state index contributed by atoms with van der Waals surface area (Å²) in [5.41, 5.74) is 0.797. The standard InChI is InChI=1S/C21H25N5O2S/c1-29-21-25-24-18(26(21)14-7-2-3-8-14)11-6-12-22-20(28)16-13-19(27)23-17-10-5-4-9-15(16)17/h4-5,9-10,13-14H,2-3,6-8,11-12H2,1H3,(H,22,28)(H,23,27). The van der Waals surface area contributed by atoms with E-state index >= 15 is 0 Å². The zero-order valence-corrected chi connectivity index (χ0v) is 17.3. The van der Waals surface area contributed by atoms with Crippen LogP contribution in [0.15, 0.2) is 40.3 Å². The van der Waals surface area contributed by atoms with Gasteiger partial charge in [0.25, 0.3) is 5.91 Å². The second-order valence-corrected chi connectivity index (χ2v) is 8.14. The number of aromatic amines is 1. The number of thioether (sulfide) groups is 1. The summed E-state index contributed by atoms with van der Waals surface area (Å²) in [5, 5.41) is 13.4. The van der Waals surface area contributed by atoms with Gasteiger partial charge in [-0.3, -0.25) is 9.59 Å². The number of fused-ring (bicyclic) bond motifs is 1. The zero-order chi connectivity index (χ0) is 20.2. The minimum Gasteiger partial charge on any atom is -0.352 e. The highest BCUT2D eigenvalue weighted by molar-refractivity contribution is 7.98. The highest BCUT2D eigenvalue weighted by Crippen LogP contribution is 2.33. The molecule has 0 saturated heterocycles. The van der Waals surface area contributed by atoms with Crippen molar-refractivity contribution in [2.75, 3.05) is 12.8 Å². The van der Waals surface area contributed by atoms with Crippen molar-refractivity contribution >= 4 is 28.6 Å². The molecule has 0 atom stereocenters. The number of benzene rings is 1. The maximum Gasteiger partial charge on any atom is 0.252 e. The van der Waals surface area contributed by atoms with Gasteiger partial charge in [0.2, 0.25) is 5.56 Å². The topological polar surface area (TPSA) is 92.7 Å². The van der Waals surface area contributed by atoms with Crippen molar-refractivity contribution in [1.29, 1.82) is 0 Å². The molecule has 0 bridgehead atoms. The Hall–Kier alpha value is -2.61. The van der Waals surface area contributed by atoms with Crippen molar-refractivity contribution in [1.82, 2.24) is 25.1 Å². The van der Waals surface area contributed by atoms with E-state index in [2.05, 4.69) is 25.1 Å². The summed E-state index contributed by atoms with van der Waals surface area (Å²) in [6.07, 6.45) is 8.46. The number of rotatable bonds is 7. The fourth-order valence-corrected chi connectivity index (χ4v) is 4.66. The van der Waals surface area contributed by atoms with Crippen LogP contribution in [-0.2, 0) is 6.42 Å². The van der Waals surface area contributed by atoms with Crippen LogP contribution in [0.3, 0.4) is 0 Å². The second-order valence-electron chi connectivity index (χ2n) is 7.36. The molecule has 1 amide bonds. The Kier molecular flexibility index (Phi) is 5.99. The SMILES string of the molecule is CSc1nnc(CCCNC(=O)c2cc(=O)[nH]c3ccccc23)n1C1CCCC1. The molecule has 1 saturated carbocycles. The van der Waals surface area contributed by atoms with Crippen molar-refractivity contribution in [2.24, 2.45) is 0 Å². The molecule has 0 radical (unpaired) electrons. The fraction of sp³-hybridized carbons (Fsp3) is 0.429. The molecule has 1 aliphatic rings. The number of aromatic nitrogens is 4. The van der Waals surface area contributed by atoms with Crippen LogP contribution in [0.1, 0.15) is 54.3 Å². The molecule has 4 rings (SSSR count). The average molecular weight is 412 g/mol. The van der Waals surface area contributed by atoms with E-state index in [0.29, 0.717) is 23.7 Å². The van der Waals surface area contributed by atoms with Crippen molar-refractivity contribution in [3.63, 3.8) is 0 Å². The van der Waals surface area contributed by atoms with Gasteiger partial charge in [-0.1, -0.05) is 42.8 Å². The summed E-state index contributed by atoms with van der Waals surface area (Å²) < 4.78 is 2.30. The highest BCUT2D eigenvalue weighted by Gasteiger charge is 2.23. The van der Waals surface area contributed by atoms with Gasteiger partial charge in [0.15, 0.2) is 5.16 Å². The van der Waals surface area contributed by atoms with E-state index in [1.165, 1.54) is 31.7 Å². The molecule has 29 heavy (non-hydrogen) atoms. The van der Waals surface area contributed by atoms with E-state index in [4.69, 9.17) is 0 Å². The summed E-state index contributed by atoms with van der Waals surface area (Å²) in [5.74, 6) is 0.770. The summed E-state index contributed by atoms with van der Waals surface area (Å²) in [6, 6.07) is 9.19. The maximum atomic E-state index is 12.6. The van der Waals surface area contributed by atoms with Crippen LogP contribution in [0.25, 0.3) is 10.9 Å². The third kappa shape index (κ3) is 4.22. The molecule has 2 N–H and O–H groups in total. The zero-order valence-electron chi connectivity index (χ0n) is 16.5. The first-order chi connectivity index (χ1) is 14.2. The van der Waals surface area contributed by atoms with Crippen LogP contribution in [-0.4, -0.2) is 38.5 Å². The van der Waals surface area contributed by atoms with Gasteiger partial charge >= 0.3 is 0 Å². The molecule has 1 fully saturated rings. The Bertz CT molecular complexity index is 1070. The summed E-state index contributed by atoms with van der Waals surface area (Å²) in [4.78, 5) is 27.3. The van der Waals surface area contributed by atoms with Gasteiger partial charge in [-0.25, -0.2) is 0 Å². The molecule has 152 valence electrons. The molecule has 8 heteroatoms. The Labute approximate surface area is 173 Å². The van der Waals surface area contributed by atoms with Gasteiger partial charge in [-0.2, -0.15) is 0 Å². The summed E-state index contributed by atoms with van der Waals surface area (Å²) in [7, 11) is 0. The number of para-hydroxylation sites is 1. The van der Waals surface area contributed by atoms with Crippen LogP contribution in [0, 0.1) is 0 Å². The van der Waals surface area contributed by atoms with Crippen LogP contribution >= 0.6 is 11.8 Å². The molecular weight excluding hydrogens is 386 g/mol. The number of hydrogen-bond acceptors (Lipinski definition) is 5. The monoisotopic (exact) mass is 411 g/mol. The number of carbonyl (C=O) groups excluding carboxylic acids is 1.